The van der Waals surface area contributed by atoms with Crippen molar-refractivity contribution in [1.29, 1.82) is 0 Å². The molecule has 0 unspecified atom stereocenters. The second-order valence-corrected chi connectivity index (χ2v) is 4.62. The quantitative estimate of drug-likeness (QED) is 0.692. The molecule has 0 atom stereocenters. The van der Waals surface area contributed by atoms with Crippen molar-refractivity contribution in [3.05, 3.63) is 54.1 Å². The normalized spacial score (nSPS) is 11.2. The van der Waals surface area contributed by atoms with Crippen LogP contribution in [0, 0.1) is 11.6 Å². The molecule has 1 aromatic carbocycles. The van der Waals surface area contributed by atoms with E-state index < -0.39 is 11.6 Å². The second kappa shape index (κ2) is 5.17. The van der Waals surface area contributed by atoms with Crippen molar-refractivity contribution < 1.29 is 8.78 Å². The molecule has 0 fully saturated rings. The first-order valence-electron chi connectivity index (χ1n) is 6.04. The summed E-state index contributed by atoms with van der Waals surface area (Å²) in [7, 11) is 0. The zero-order valence-electron chi connectivity index (χ0n) is 10.4. The van der Waals surface area contributed by atoms with Gasteiger partial charge < -0.3 is 0 Å². The van der Waals surface area contributed by atoms with Crippen LogP contribution in [0.1, 0.15) is 5.82 Å². The van der Waals surface area contributed by atoms with Crippen LogP contribution in [0.4, 0.5) is 8.78 Å². The van der Waals surface area contributed by atoms with Gasteiger partial charge in [0.25, 0.3) is 0 Å². The molecule has 2 heterocycles. The third kappa shape index (κ3) is 2.04. The fraction of sp³-hybridized carbons (Fsp3) is 0.143. The van der Waals surface area contributed by atoms with Crippen molar-refractivity contribution >= 4 is 22.6 Å². The van der Waals surface area contributed by atoms with E-state index in [1.807, 2.05) is 0 Å². The van der Waals surface area contributed by atoms with Crippen molar-refractivity contribution in [2.24, 2.45) is 0 Å². The third-order valence-electron chi connectivity index (χ3n) is 3.02. The average Bonchev–Trinajstić information content (AvgIpc) is 2.80. The third-order valence-corrected chi connectivity index (χ3v) is 3.21. The van der Waals surface area contributed by atoms with Crippen molar-refractivity contribution in [2.45, 2.75) is 6.42 Å². The lowest BCUT2D eigenvalue weighted by atomic mass is 10.2. The molecule has 0 saturated heterocycles. The predicted molar refractivity (Wildman–Crippen MR) is 73.2 cm³/mol. The molecular formula is C14H10ClF2N3. The van der Waals surface area contributed by atoms with Gasteiger partial charge in [-0.25, -0.2) is 13.8 Å². The summed E-state index contributed by atoms with van der Waals surface area (Å²) in [6, 6.07) is 5.77. The van der Waals surface area contributed by atoms with E-state index >= 15 is 0 Å². The lowest BCUT2D eigenvalue weighted by Crippen LogP contribution is -2.05. The van der Waals surface area contributed by atoms with Gasteiger partial charge in [0.15, 0.2) is 11.6 Å². The average molecular weight is 294 g/mol. The Kier molecular flexibility index (Phi) is 3.36. The molecule has 0 spiro atoms. The summed E-state index contributed by atoms with van der Waals surface area (Å²) in [5.74, 6) is -0.879. The van der Waals surface area contributed by atoms with Gasteiger partial charge in [0.1, 0.15) is 11.3 Å². The van der Waals surface area contributed by atoms with Crippen LogP contribution < -0.4 is 0 Å². The molecule has 0 radical (unpaired) electrons. The van der Waals surface area contributed by atoms with Gasteiger partial charge >= 0.3 is 0 Å². The lowest BCUT2D eigenvalue weighted by Gasteiger charge is -2.10. The molecule has 20 heavy (non-hydrogen) atoms. The maximum atomic E-state index is 14.0. The summed E-state index contributed by atoms with van der Waals surface area (Å²) in [6.07, 6.45) is 3.62. The van der Waals surface area contributed by atoms with Crippen LogP contribution in [-0.2, 0) is 6.42 Å². The topological polar surface area (TPSA) is 30.7 Å². The number of pyridine rings is 1. The summed E-state index contributed by atoms with van der Waals surface area (Å²) < 4.78 is 29.1. The van der Waals surface area contributed by atoms with E-state index in [9.17, 15) is 8.78 Å². The first-order valence-corrected chi connectivity index (χ1v) is 6.57. The molecule has 2 aromatic heterocycles. The number of hydrogen-bond acceptors (Lipinski definition) is 2. The summed E-state index contributed by atoms with van der Waals surface area (Å²) >= 11 is 5.76. The zero-order valence-corrected chi connectivity index (χ0v) is 11.1. The Morgan fingerprint density at radius 3 is 2.85 bits per heavy atom. The number of benzene rings is 1. The minimum Gasteiger partial charge on any atom is -0.293 e. The molecular weight excluding hydrogens is 284 g/mol. The number of imidazole rings is 1. The van der Waals surface area contributed by atoms with Crippen molar-refractivity contribution in [3.8, 4) is 5.69 Å². The number of hydrogen-bond donors (Lipinski definition) is 0. The number of halogens is 3. The highest BCUT2D eigenvalue weighted by Gasteiger charge is 2.16. The number of nitrogens with zero attached hydrogens (tertiary/aromatic N) is 3. The largest absolute Gasteiger partial charge is 0.293 e. The van der Waals surface area contributed by atoms with Gasteiger partial charge in [-0.05, 0) is 18.2 Å². The van der Waals surface area contributed by atoms with E-state index in [0.717, 1.165) is 6.07 Å². The molecule has 0 saturated carbocycles. The van der Waals surface area contributed by atoms with E-state index in [1.165, 1.54) is 12.1 Å². The molecule has 0 N–H and O–H groups in total. The maximum Gasteiger partial charge on any atom is 0.182 e. The van der Waals surface area contributed by atoms with Crippen LogP contribution in [0.15, 0.2) is 36.7 Å². The molecule has 0 bridgehead atoms. The van der Waals surface area contributed by atoms with Gasteiger partial charge in [-0.15, -0.1) is 11.6 Å². The molecule has 3 rings (SSSR count). The van der Waals surface area contributed by atoms with Crippen LogP contribution >= 0.6 is 11.6 Å². The molecule has 0 aliphatic heterocycles. The van der Waals surface area contributed by atoms with E-state index in [4.69, 9.17) is 11.6 Å². The fourth-order valence-corrected chi connectivity index (χ4v) is 2.34. The Balaban J connectivity index is 2.33. The van der Waals surface area contributed by atoms with Gasteiger partial charge in [0.2, 0.25) is 0 Å². The van der Waals surface area contributed by atoms with Crippen molar-refractivity contribution in [3.63, 3.8) is 0 Å². The predicted octanol–water partition coefficient (Wildman–Crippen LogP) is 3.48. The van der Waals surface area contributed by atoms with Gasteiger partial charge in [0.05, 0.1) is 17.4 Å². The molecule has 3 nitrogen and oxygen atoms in total. The number of fused-ring (bicyclic) bond motifs is 1. The van der Waals surface area contributed by atoms with Gasteiger partial charge in [0, 0.05) is 18.5 Å². The smallest absolute Gasteiger partial charge is 0.182 e. The summed E-state index contributed by atoms with van der Waals surface area (Å²) in [5.41, 5.74) is 1.42. The van der Waals surface area contributed by atoms with Gasteiger partial charge in [-0.2, -0.15) is 0 Å². The zero-order chi connectivity index (χ0) is 14.1. The standard InChI is InChI=1S/C14H10ClF2N3/c15-6-4-13-19-10-8-18-7-5-11(10)20(13)12-3-1-2-9(16)14(12)17/h1-3,5,7-8H,4,6H2. The van der Waals surface area contributed by atoms with E-state index in [1.54, 1.807) is 23.0 Å². The Hall–Kier alpha value is -2.01. The molecule has 0 aliphatic carbocycles. The monoisotopic (exact) mass is 293 g/mol. The van der Waals surface area contributed by atoms with Crippen LogP contribution in [-0.4, -0.2) is 20.4 Å². The summed E-state index contributed by atoms with van der Waals surface area (Å²) in [5, 5.41) is 0. The van der Waals surface area contributed by atoms with Gasteiger partial charge in [-0.1, -0.05) is 6.07 Å². The van der Waals surface area contributed by atoms with Crippen LogP contribution in [0.2, 0.25) is 0 Å². The van der Waals surface area contributed by atoms with Crippen LogP contribution in [0.3, 0.4) is 0 Å². The Bertz CT molecular complexity index is 770. The van der Waals surface area contributed by atoms with Gasteiger partial charge in [-0.3, -0.25) is 9.55 Å². The van der Waals surface area contributed by atoms with Crippen molar-refractivity contribution in [2.75, 3.05) is 5.88 Å². The highest BCUT2D eigenvalue weighted by atomic mass is 35.5. The Morgan fingerprint density at radius 2 is 2.05 bits per heavy atom. The van der Waals surface area contributed by atoms with E-state index in [-0.39, 0.29) is 5.69 Å². The molecule has 6 heteroatoms. The van der Waals surface area contributed by atoms with Crippen LogP contribution in [0.5, 0.6) is 0 Å². The van der Waals surface area contributed by atoms with Crippen LogP contribution in [0.25, 0.3) is 16.7 Å². The Labute approximate surface area is 118 Å². The highest BCUT2D eigenvalue weighted by Crippen LogP contribution is 2.24. The fourth-order valence-electron chi connectivity index (χ4n) is 2.17. The minimum absolute atomic E-state index is 0.124. The minimum atomic E-state index is -0.903. The van der Waals surface area contributed by atoms with E-state index in [2.05, 4.69) is 9.97 Å². The second-order valence-electron chi connectivity index (χ2n) is 4.24. The molecule has 0 aliphatic rings. The highest BCUT2D eigenvalue weighted by molar-refractivity contribution is 6.17. The SMILES string of the molecule is Fc1cccc(-n2c(CCCl)nc3cnccc32)c1F. The first kappa shape index (κ1) is 13.0. The molecule has 3 aromatic rings. The number of aromatic nitrogens is 3. The molecule has 0 amide bonds. The first-order chi connectivity index (χ1) is 9.72. The lowest BCUT2D eigenvalue weighted by molar-refractivity contribution is 0.504. The number of alkyl halides is 1. The number of rotatable bonds is 3. The van der Waals surface area contributed by atoms with E-state index in [0.29, 0.717) is 29.2 Å². The van der Waals surface area contributed by atoms with Crippen molar-refractivity contribution in [1.82, 2.24) is 14.5 Å². The summed E-state index contributed by atoms with van der Waals surface area (Å²) in [6.45, 7) is 0. The summed E-state index contributed by atoms with van der Waals surface area (Å²) in [4.78, 5) is 8.36. The molecule has 102 valence electrons. The number of aryl methyl sites for hydroxylation is 1. The maximum absolute atomic E-state index is 14.0. The Morgan fingerprint density at radius 1 is 1.20 bits per heavy atom.